The monoisotopic (exact) mass is 345 g/mol. The van der Waals surface area contributed by atoms with Crippen LogP contribution >= 0.6 is 0 Å². The van der Waals surface area contributed by atoms with Crippen LogP contribution in [0.2, 0.25) is 0 Å². The van der Waals surface area contributed by atoms with E-state index in [1.54, 1.807) is 9.80 Å². The summed E-state index contributed by atoms with van der Waals surface area (Å²) >= 11 is 0. The van der Waals surface area contributed by atoms with E-state index in [1.165, 1.54) is 0 Å². The van der Waals surface area contributed by atoms with Gasteiger partial charge in [0, 0.05) is 18.3 Å². The van der Waals surface area contributed by atoms with Crippen molar-refractivity contribution in [3.05, 3.63) is 30.3 Å². The quantitative estimate of drug-likeness (QED) is 0.868. The van der Waals surface area contributed by atoms with Crippen molar-refractivity contribution >= 4 is 17.6 Å². The van der Waals surface area contributed by atoms with Crippen LogP contribution < -0.4 is 10.2 Å². The number of para-hydroxylation sites is 1. The van der Waals surface area contributed by atoms with Gasteiger partial charge in [0.2, 0.25) is 0 Å². The van der Waals surface area contributed by atoms with Crippen molar-refractivity contribution in [2.24, 2.45) is 0 Å². The molecule has 0 unspecified atom stereocenters. The number of morpholine rings is 1. The van der Waals surface area contributed by atoms with Gasteiger partial charge in [-0.15, -0.1) is 0 Å². The summed E-state index contributed by atoms with van der Waals surface area (Å²) in [7, 11) is 0. The smallest absolute Gasteiger partial charge is 0.317 e. The van der Waals surface area contributed by atoms with Gasteiger partial charge in [0.1, 0.15) is 12.2 Å². The molecule has 3 aliphatic rings. The summed E-state index contributed by atoms with van der Waals surface area (Å²) in [6, 6.07) is 9.79. The summed E-state index contributed by atoms with van der Waals surface area (Å²) in [5.74, 6) is -0.0740. The fourth-order valence-electron chi connectivity index (χ4n) is 3.31. The number of hydrogen-bond acceptors (Lipinski definition) is 4. The standard InChI is InChI=1S/C18H23N3O4/c22-16-10-25-18(12-21(16)15-4-2-1-3-5-15)11-20(8-9-24-13-18)17(23)19-14-6-7-14/h1-5,14H,6-13H2,(H,19,23)/t18-/m0/s1. The highest BCUT2D eigenvalue weighted by Gasteiger charge is 2.44. The lowest BCUT2D eigenvalue weighted by Gasteiger charge is -2.42. The molecule has 0 aromatic heterocycles. The van der Waals surface area contributed by atoms with Crippen molar-refractivity contribution < 1.29 is 19.1 Å². The Hall–Kier alpha value is -2.12. The average molecular weight is 345 g/mol. The van der Waals surface area contributed by atoms with Crippen LogP contribution in [0.15, 0.2) is 30.3 Å². The average Bonchev–Trinajstić information content (AvgIpc) is 3.46. The molecule has 1 atom stereocenters. The van der Waals surface area contributed by atoms with E-state index in [2.05, 4.69) is 5.32 Å². The molecule has 2 aliphatic heterocycles. The fraction of sp³-hybridized carbons (Fsp3) is 0.556. The minimum Gasteiger partial charge on any atom is -0.376 e. The Bertz CT molecular complexity index is 649. The molecule has 1 saturated carbocycles. The van der Waals surface area contributed by atoms with Gasteiger partial charge in [-0.25, -0.2) is 4.79 Å². The lowest BCUT2D eigenvalue weighted by atomic mass is 10.0. The minimum absolute atomic E-state index is 0.00363. The van der Waals surface area contributed by atoms with E-state index in [-0.39, 0.29) is 18.5 Å². The van der Waals surface area contributed by atoms with Crippen LogP contribution in [0.5, 0.6) is 0 Å². The van der Waals surface area contributed by atoms with Crippen LogP contribution in [0, 0.1) is 0 Å². The maximum absolute atomic E-state index is 12.5. The first-order valence-electron chi connectivity index (χ1n) is 8.78. The normalized spacial score (nSPS) is 27.3. The predicted octanol–water partition coefficient (Wildman–Crippen LogP) is 0.993. The zero-order chi connectivity index (χ0) is 17.3. The molecule has 2 heterocycles. The summed E-state index contributed by atoms with van der Waals surface area (Å²) in [6.07, 6.45) is 2.10. The van der Waals surface area contributed by atoms with E-state index in [4.69, 9.17) is 9.47 Å². The second-order valence-electron chi connectivity index (χ2n) is 6.99. The van der Waals surface area contributed by atoms with Gasteiger partial charge in [0.25, 0.3) is 5.91 Å². The first-order valence-corrected chi connectivity index (χ1v) is 8.78. The Labute approximate surface area is 146 Å². The molecule has 1 aromatic carbocycles. The molecular weight excluding hydrogens is 322 g/mol. The summed E-state index contributed by atoms with van der Waals surface area (Å²) in [5, 5.41) is 3.02. The molecule has 25 heavy (non-hydrogen) atoms. The predicted molar refractivity (Wildman–Crippen MR) is 91.4 cm³/mol. The van der Waals surface area contributed by atoms with Crippen molar-refractivity contribution in [2.45, 2.75) is 24.5 Å². The van der Waals surface area contributed by atoms with Gasteiger partial charge in [-0.2, -0.15) is 0 Å². The first-order chi connectivity index (χ1) is 12.2. The highest BCUT2D eigenvalue weighted by Crippen LogP contribution is 2.27. The number of hydrogen-bond donors (Lipinski definition) is 1. The number of rotatable bonds is 2. The molecule has 7 nitrogen and oxygen atoms in total. The van der Waals surface area contributed by atoms with E-state index in [1.807, 2.05) is 30.3 Å². The maximum Gasteiger partial charge on any atom is 0.317 e. The van der Waals surface area contributed by atoms with E-state index < -0.39 is 5.60 Å². The molecule has 1 N–H and O–H groups in total. The van der Waals surface area contributed by atoms with E-state index in [0.717, 1.165) is 18.5 Å². The molecule has 134 valence electrons. The molecule has 2 saturated heterocycles. The molecule has 1 spiro atoms. The second kappa shape index (κ2) is 6.65. The van der Waals surface area contributed by atoms with Crippen LogP contribution in [0.3, 0.4) is 0 Å². The number of benzene rings is 1. The third-order valence-corrected chi connectivity index (χ3v) is 4.86. The van der Waals surface area contributed by atoms with Crippen molar-refractivity contribution in [2.75, 3.05) is 44.4 Å². The summed E-state index contributed by atoms with van der Waals surface area (Å²) < 4.78 is 11.6. The third kappa shape index (κ3) is 3.62. The highest BCUT2D eigenvalue weighted by atomic mass is 16.6. The Balaban J connectivity index is 1.52. The SMILES string of the molecule is O=C(NC1CC1)N1CCOC[C@]2(C1)CN(c1ccccc1)C(=O)CO2. The second-order valence-corrected chi connectivity index (χ2v) is 6.99. The molecule has 0 bridgehead atoms. The van der Waals surface area contributed by atoms with Crippen LogP contribution in [0.4, 0.5) is 10.5 Å². The number of amides is 3. The van der Waals surface area contributed by atoms with Crippen LogP contribution in [0.25, 0.3) is 0 Å². The third-order valence-electron chi connectivity index (χ3n) is 4.86. The van der Waals surface area contributed by atoms with Crippen molar-refractivity contribution in [3.63, 3.8) is 0 Å². The molecule has 4 rings (SSSR count). The summed E-state index contributed by atoms with van der Waals surface area (Å²) in [6.45, 7) is 2.17. The molecule has 7 heteroatoms. The van der Waals surface area contributed by atoms with Crippen molar-refractivity contribution in [1.82, 2.24) is 10.2 Å². The zero-order valence-corrected chi connectivity index (χ0v) is 14.1. The molecule has 3 amide bonds. The molecule has 0 radical (unpaired) electrons. The van der Waals surface area contributed by atoms with Crippen molar-refractivity contribution in [3.8, 4) is 0 Å². The van der Waals surface area contributed by atoms with Crippen molar-refractivity contribution in [1.29, 1.82) is 0 Å². The molecule has 1 aromatic rings. The fourth-order valence-corrected chi connectivity index (χ4v) is 3.31. The Morgan fingerprint density at radius 3 is 2.76 bits per heavy atom. The van der Waals surface area contributed by atoms with Gasteiger partial charge in [0.15, 0.2) is 0 Å². The summed E-state index contributed by atoms with van der Waals surface area (Å²) in [4.78, 5) is 28.3. The molecule has 1 aliphatic carbocycles. The Morgan fingerprint density at radius 2 is 2.00 bits per heavy atom. The van der Waals surface area contributed by atoms with E-state index in [9.17, 15) is 9.59 Å². The highest BCUT2D eigenvalue weighted by molar-refractivity contribution is 5.95. The maximum atomic E-state index is 12.5. The number of ether oxygens (including phenoxy) is 2. The van der Waals surface area contributed by atoms with Gasteiger partial charge in [-0.3, -0.25) is 4.79 Å². The molecule has 3 fully saturated rings. The first kappa shape index (κ1) is 16.4. The topological polar surface area (TPSA) is 71.1 Å². The van der Waals surface area contributed by atoms with E-state index in [0.29, 0.717) is 38.9 Å². The largest absolute Gasteiger partial charge is 0.376 e. The van der Waals surface area contributed by atoms with Crippen LogP contribution in [-0.4, -0.2) is 67.9 Å². The van der Waals surface area contributed by atoms with E-state index >= 15 is 0 Å². The number of urea groups is 1. The lowest BCUT2D eigenvalue weighted by Crippen LogP contribution is -2.62. The number of nitrogens with one attached hydrogen (secondary N) is 1. The summed E-state index contributed by atoms with van der Waals surface area (Å²) in [5.41, 5.74) is 0.148. The van der Waals surface area contributed by atoms with Gasteiger partial charge < -0.3 is 24.6 Å². The zero-order valence-electron chi connectivity index (χ0n) is 14.1. The number of carbonyl (C=O) groups excluding carboxylic acids is 2. The number of nitrogens with zero attached hydrogens (tertiary/aromatic N) is 2. The Morgan fingerprint density at radius 1 is 1.20 bits per heavy atom. The van der Waals surface area contributed by atoms with Gasteiger partial charge in [-0.1, -0.05) is 18.2 Å². The van der Waals surface area contributed by atoms with Crippen LogP contribution in [-0.2, 0) is 14.3 Å². The van der Waals surface area contributed by atoms with Gasteiger partial charge >= 0.3 is 6.03 Å². The Kier molecular flexibility index (Phi) is 4.35. The van der Waals surface area contributed by atoms with Crippen LogP contribution in [0.1, 0.15) is 12.8 Å². The molecular formula is C18H23N3O4. The van der Waals surface area contributed by atoms with Gasteiger partial charge in [0.05, 0.1) is 26.3 Å². The number of anilines is 1. The number of carbonyl (C=O) groups is 2. The lowest BCUT2D eigenvalue weighted by molar-refractivity contribution is -0.145. The van der Waals surface area contributed by atoms with Gasteiger partial charge in [-0.05, 0) is 25.0 Å². The minimum atomic E-state index is -0.693.